The average Bonchev–Trinajstić information content (AvgIpc) is 2.72. The summed E-state index contributed by atoms with van der Waals surface area (Å²) in [6.07, 6.45) is 2.25. The van der Waals surface area contributed by atoms with Crippen LogP contribution in [0.25, 0.3) is 11.0 Å². The SMILES string of the molecule is CCCS(=O)(=[OH+])Nc1ccc(F)c(Nc2ccc3ncc(OC)nc3c2C=O)c1F. The molecule has 3 rings (SSSR count). The van der Waals surface area contributed by atoms with Crippen molar-refractivity contribution < 1.29 is 26.7 Å². The van der Waals surface area contributed by atoms with E-state index in [0.717, 1.165) is 12.1 Å². The second-order valence-electron chi connectivity index (χ2n) is 6.28. The molecule has 0 aliphatic rings. The third-order valence-electron chi connectivity index (χ3n) is 4.16. The number of anilines is 3. The maximum Gasteiger partial charge on any atom is 0.365 e. The first-order valence-corrected chi connectivity index (χ1v) is 10.5. The molecule has 11 heteroatoms. The molecule has 0 radical (unpaired) electrons. The van der Waals surface area contributed by atoms with Crippen molar-refractivity contribution in [2.45, 2.75) is 13.3 Å². The van der Waals surface area contributed by atoms with E-state index in [9.17, 15) is 22.0 Å². The van der Waals surface area contributed by atoms with Gasteiger partial charge >= 0.3 is 10.0 Å². The van der Waals surface area contributed by atoms with E-state index in [1.165, 1.54) is 25.4 Å². The number of fused-ring (bicyclic) bond motifs is 1. The normalized spacial score (nSPS) is 12.9. The summed E-state index contributed by atoms with van der Waals surface area (Å²) < 4.78 is 58.4. The summed E-state index contributed by atoms with van der Waals surface area (Å²) in [5.41, 5.74) is -0.272. The Bertz CT molecular complexity index is 1220. The minimum atomic E-state index is -3.54. The predicted molar refractivity (Wildman–Crippen MR) is 110 cm³/mol. The smallest absolute Gasteiger partial charge is 0.365 e. The second kappa shape index (κ2) is 8.57. The highest BCUT2D eigenvalue weighted by atomic mass is 32.2. The first kappa shape index (κ1) is 21.4. The molecule has 3 N–H and O–H groups in total. The van der Waals surface area contributed by atoms with Crippen LogP contribution in [0.2, 0.25) is 0 Å². The zero-order valence-electron chi connectivity index (χ0n) is 16.1. The van der Waals surface area contributed by atoms with Crippen molar-refractivity contribution in [3.8, 4) is 5.88 Å². The van der Waals surface area contributed by atoms with Gasteiger partial charge < -0.3 is 10.1 Å². The molecule has 8 nitrogen and oxygen atoms in total. The molecule has 1 unspecified atom stereocenters. The molecule has 0 amide bonds. The number of methoxy groups -OCH3 is 1. The molecule has 158 valence electrons. The number of carbonyl (C=O) groups is 1. The Morgan fingerprint density at radius 1 is 1.23 bits per heavy atom. The fraction of sp³-hybridized carbons (Fsp3) is 0.211. The Morgan fingerprint density at radius 2 is 1.97 bits per heavy atom. The molecule has 0 bridgehead atoms. The van der Waals surface area contributed by atoms with Gasteiger partial charge in [0.15, 0.2) is 12.1 Å². The van der Waals surface area contributed by atoms with Gasteiger partial charge in [0.2, 0.25) is 5.88 Å². The number of nitrogens with zero attached hydrogens (tertiary/aromatic N) is 2. The fourth-order valence-electron chi connectivity index (χ4n) is 2.79. The van der Waals surface area contributed by atoms with Gasteiger partial charge in [-0.3, -0.25) is 4.79 Å². The number of aromatic nitrogens is 2. The van der Waals surface area contributed by atoms with Crippen molar-refractivity contribution >= 4 is 44.4 Å². The first-order valence-electron chi connectivity index (χ1n) is 8.85. The van der Waals surface area contributed by atoms with Gasteiger partial charge in [-0.25, -0.2) is 27.7 Å². The van der Waals surface area contributed by atoms with Crippen LogP contribution in [0.15, 0.2) is 30.5 Å². The summed E-state index contributed by atoms with van der Waals surface area (Å²) in [5, 5.41) is 2.54. The van der Waals surface area contributed by atoms with Crippen molar-refractivity contribution in [2.24, 2.45) is 0 Å². The van der Waals surface area contributed by atoms with Gasteiger partial charge in [-0.1, -0.05) is 6.92 Å². The number of nitrogens with one attached hydrogen (secondary N) is 2. The summed E-state index contributed by atoms with van der Waals surface area (Å²) in [4.78, 5) is 20.0. The van der Waals surface area contributed by atoms with Crippen LogP contribution < -0.4 is 14.8 Å². The topological polar surface area (TPSA) is 115 Å². The van der Waals surface area contributed by atoms with Crippen molar-refractivity contribution in [3.05, 3.63) is 47.7 Å². The van der Waals surface area contributed by atoms with E-state index >= 15 is 0 Å². The molecular formula is C19H19F2N4O4S+. The lowest BCUT2D eigenvalue weighted by Gasteiger charge is -2.14. The van der Waals surface area contributed by atoms with Gasteiger partial charge in [0.25, 0.3) is 0 Å². The van der Waals surface area contributed by atoms with E-state index in [1.54, 1.807) is 6.92 Å². The summed E-state index contributed by atoms with van der Waals surface area (Å²) in [6, 6.07) is 4.92. The maximum atomic E-state index is 14.9. The number of hydrogen-bond donors (Lipinski definition) is 2. The van der Waals surface area contributed by atoms with E-state index < -0.39 is 27.3 Å². The first-order chi connectivity index (χ1) is 14.3. The van der Waals surface area contributed by atoms with E-state index in [-0.39, 0.29) is 34.1 Å². The highest BCUT2D eigenvalue weighted by Gasteiger charge is 2.22. The highest BCUT2D eigenvalue weighted by molar-refractivity contribution is 7.92. The Labute approximate surface area is 171 Å². The fourth-order valence-corrected chi connectivity index (χ4v) is 3.95. The van der Waals surface area contributed by atoms with Crippen LogP contribution >= 0.6 is 0 Å². The van der Waals surface area contributed by atoms with E-state index in [1.807, 2.05) is 0 Å². The quantitative estimate of drug-likeness (QED) is 0.409. The zero-order chi connectivity index (χ0) is 21.9. The molecule has 1 aromatic heterocycles. The Balaban J connectivity index is 2.07. The van der Waals surface area contributed by atoms with Crippen LogP contribution in [0.5, 0.6) is 5.88 Å². The minimum Gasteiger partial charge on any atom is -0.480 e. The molecule has 0 saturated heterocycles. The Kier molecular flexibility index (Phi) is 6.11. The van der Waals surface area contributed by atoms with Crippen LogP contribution in [0.4, 0.5) is 25.8 Å². The molecule has 0 saturated carbocycles. The molecule has 2 aromatic carbocycles. The van der Waals surface area contributed by atoms with Gasteiger partial charge in [0, 0.05) is 0 Å². The van der Waals surface area contributed by atoms with E-state index in [0.29, 0.717) is 18.2 Å². The molecule has 1 atom stereocenters. The van der Waals surface area contributed by atoms with Crippen LogP contribution in [0, 0.1) is 11.6 Å². The average molecular weight is 437 g/mol. The molecule has 0 fully saturated rings. The van der Waals surface area contributed by atoms with Crippen LogP contribution in [0.3, 0.4) is 0 Å². The molecule has 1 heterocycles. The molecule has 3 aromatic rings. The largest absolute Gasteiger partial charge is 0.480 e. The molecule has 0 aliphatic carbocycles. The summed E-state index contributed by atoms with van der Waals surface area (Å²) in [6.45, 7) is 1.70. The lowest BCUT2D eigenvalue weighted by atomic mass is 10.1. The monoisotopic (exact) mass is 437 g/mol. The Hall–Kier alpha value is -3.34. The van der Waals surface area contributed by atoms with Crippen LogP contribution in [-0.4, -0.2) is 37.5 Å². The minimum absolute atomic E-state index is 0.0213. The number of benzene rings is 2. The molecule has 0 spiro atoms. The van der Waals surface area contributed by atoms with Crippen LogP contribution in [-0.2, 0) is 10.0 Å². The van der Waals surface area contributed by atoms with Gasteiger partial charge in [0.1, 0.15) is 22.8 Å². The van der Waals surface area contributed by atoms with Crippen LogP contribution in [0.1, 0.15) is 23.7 Å². The Morgan fingerprint density at radius 3 is 2.63 bits per heavy atom. The summed E-state index contributed by atoms with van der Waals surface area (Å²) in [5.74, 6) is -2.00. The van der Waals surface area contributed by atoms with Crippen molar-refractivity contribution in [1.29, 1.82) is 0 Å². The predicted octanol–water partition coefficient (Wildman–Crippen LogP) is 3.78. The van der Waals surface area contributed by atoms with Crippen molar-refractivity contribution in [1.82, 2.24) is 9.97 Å². The standard InChI is InChI=1S/C19H18F2N4O4S/c1-3-8-30(27,28)25-14-5-4-12(20)19(17(14)21)23-13-6-7-15-18(11(13)10-26)24-16(29-2)9-22-15/h4-7,9-10,23H,3,8H2,1-2H3,(H,25,27,28)/p+1. The molecule has 0 aliphatic heterocycles. The number of halogens is 2. The maximum absolute atomic E-state index is 14.9. The van der Waals surface area contributed by atoms with Gasteiger partial charge in [-0.2, -0.15) is 4.21 Å². The zero-order valence-corrected chi connectivity index (χ0v) is 16.9. The number of rotatable bonds is 8. The second-order valence-corrected chi connectivity index (χ2v) is 8.17. The van der Waals surface area contributed by atoms with Gasteiger partial charge in [-0.15, -0.1) is 0 Å². The van der Waals surface area contributed by atoms with Crippen molar-refractivity contribution in [2.75, 3.05) is 22.9 Å². The number of ether oxygens (including phenoxy) is 1. The summed E-state index contributed by atoms with van der Waals surface area (Å²) >= 11 is 0. The third kappa shape index (κ3) is 4.30. The third-order valence-corrected chi connectivity index (χ3v) is 5.66. The number of aldehydes is 1. The molecule has 30 heavy (non-hydrogen) atoms. The van der Waals surface area contributed by atoms with Gasteiger partial charge in [-0.05, 0) is 30.7 Å². The van der Waals surface area contributed by atoms with Gasteiger partial charge in [0.05, 0.1) is 35.8 Å². The molecular weight excluding hydrogens is 418 g/mol. The number of hydrogen-bond acceptors (Lipinski definition) is 6. The lowest BCUT2D eigenvalue weighted by Crippen LogP contribution is -2.17. The lowest BCUT2D eigenvalue weighted by molar-refractivity contribution is 0.112. The van der Waals surface area contributed by atoms with Crippen molar-refractivity contribution in [3.63, 3.8) is 0 Å². The number of carbonyl (C=O) groups excluding carboxylic acids is 1. The van der Waals surface area contributed by atoms with E-state index in [4.69, 9.17) is 4.74 Å². The highest BCUT2D eigenvalue weighted by Crippen LogP contribution is 2.32. The van der Waals surface area contributed by atoms with E-state index in [2.05, 4.69) is 20.0 Å². The summed E-state index contributed by atoms with van der Waals surface area (Å²) in [7, 11) is -2.15.